The van der Waals surface area contributed by atoms with Gasteiger partial charge in [0.25, 0.3) is 0 Å². The predicted octanol–water partition coefficient (Wildman–Crippen LogP) is 5.02. The summed E-state index contributed by atoms with van der Waals surface area (Å²) in [5.41, 5.74) is 0. The SMILES string of the molecule is C[Si](Cl)(Cl)CCCOC(=O)OCCC[Si](C)(Cl)Cl. The molecule has 0 heterocycles. The van der Waals surface area contributed by atoms with Crippen LogP contribution in [0.2, 0.25) is 25.2 Å². The van der Waals surface area contributed by atoms with Gasteiger partial charge in [0.05, 0.1) is 13.2 Å². The van der Waals surface area contributed by atoms with Crippen LogP contribution in [-0.4, -0.2) is 32.8 Å². The molecule has 0 fully saturated rings. The van der Waals surface area contributed by atoms with Crippen LogP contribution in [0.25, 0.3) is 0 Å². The van der Waals surface area contributed by atoms with Crippen molar-refractivity contribution >= 4 is 63.9 Å². The van der Waals surface area contributed by atoms with E-state index in [1.165, 1.54) is 0 Å². The normalized spacial score (nSPS) is 12.3. The summed E-state index contributed by atoms with van der Waals surface area (Å²) in [6.45, 7) is 0.0187. The second kappa shape index (κ2) is 8.92. The van der Waals surface area contributed by atoms with E-state index >= 15 is 0 Å². The van der Waals surface area contributed by atoms with Crippen molar-refractivity contribution in [3.05, 3.63) is 0 Å². The van der Waals surface area contributed by atoms with Crippen LogP contribution in [0.15, 0.2) is 0 Å². The molecule has 0 aliphatic carbocycles. The molecule has 0 aromatic heterocycles. The third-order valence-electron chi connectivity index (χ3n) is 1.96. The Balaban J connectivity index is 3.44. The Morgan fingerprint density at radius 1 is 0.889 bits per heavy atom. The van der Waals surface area contributed by atoms with Crippen molar-refractivity contribution in [2.45, 2.75) is 38.0 Å². The smallest absolute Gasteiger partial charge is 0.434 e. The molecule has 0 atom stereocenters. The highest BCUT2D eigenvalue weighted by molar-refractivity contribution is 7.45. The highest BCUT2D eigenvalue weighted by atomic mass is 35.7. The minimum Gasteiger partial charge on any atom is -0.434 e. The summed E-state index contributed by atoms with van der Waals surface area (Å²) >= 11 is 23.6. The maximum Gasteiger partial charge on any atom is 0.508 e. The molecule has 0 N–H and O–H groups in total. The lowest BCUT2D eigenvalue weighted by Crippen LogP contribution is -2.16. The molecule has 3 nitrogen and oxygen atoms in total. The Kier molecular flexibility index (Phi) is 9.35. The largest absolute Gasteiger partial charge is 0.508 e. The van der Waals surface area contributed by atoms with E-state index in [2.05, 4.69) is 0 Å². The number of hydrogen-bond acceptors (Lipinski definition) is 3. The highest BCUT2D eigenvalue weighted by Crippen LogP contribution is 2.22. The molecule has 0 aliphatic rings. The zero-order valence-electron chi connectivity index (χ0n) is 10.5. The molecule has 0 spiro atoms. The molecule has 0 saturated carbocycles. The lowest BCUT2D eigenvalue weighted by Gasteiger charge is -2.11. The average molecular weight is 372 g/mol. The molecule has 0 rings (SSSR count). The first-order valence-corrected chi connectivity index (χ1v) is 15.1. The number of halogens is 4. The fourth-order valence-corrected chi connectivity index (χ4v) is 4.25. The molecular formula is C9H18Cl4O3Si2. The lowest BCUT2D eigenvalue weighted by atomic mass is 10.5. The van der Waals surface area contributed by atoms with Crippen LogP contribution in [0.4, 0.5) is 4.79 Å². The summed E-state index contributed by atoms with van der Waals surface area (Å²) in [5, 5.41) is 0. The number of hydrogen-bond donors (Lipinski definition) is 0. The topological polar surface area (TPSA) is 35.5 Å². The second-order valence-electron chi connectivity index (χ2n) is 4.29. The Morgan fingerprint density at radius 2 is 1.22 bits per heavy atom. The van der Waals surface area contributed by atoms with Gasteiger partial charge >= 0.3 is 6.16 Å². The van der Waals surface area contributed by atoms with Crippen molar-refractivity contribution in [2.24, 2.45) is 0 Å². The Morgan fingerprint density at radius 3 is 1.50 bits per heavy atom. The minimum absolute atomic E-state index is 0.276. The van der Waals surface area contributed by atoms with Gasteiger partial charge in [-0.1, -0.05) is 0 Å². The first-order valence-electron chi connectivity index (χ1n) is 5.65. The van der Waals surface area contributed by atoms with Gasteiger partial charge in [-0.2, -0.15) is 0 Å². The molecule has 108 valence electrons. The maximum absolute atomic E-state index is 11.1. The van der Waals surface area contributed by atoms with E-state index in [1.54, 1.807) is 0 Å². The predicted molar refractivity (Wildman–Crippen MR) is 82.8 cm³/mol. The first kappa shape index (κ1) is 18.9. The van der Waals surface area contributed by atoms with Crippen molar-refractivity contribution in [3.63, 3.8) is 0 Å². The third-order valence-corrected chi connectivity index (χ3v) is 6.69. The third kappa shape index (κ3) is 14.9. The number of carbonyl (C=O) groups excluding carboxylic acids is 1. The van der Waals surface area contributed by atoms with E-state index in [-0.39, 0.29) is 13.2 Å². The van der Waals surface area contributed by atoms with E-state index in [0.29, 0.717) is 24.9 Å². The van der Waals surface area contributed by atoms with Crippen LogP contribution in [0.3, 0.4) is 0 Å². The quantitative estimate of drug-likeness (QED) is 0.260. The molecule has 0 aromatic rings. The van der Waals surface area contributed by atoms with Crippen molar-refractivity contribution < 1.29 is 14.3 Å². The summed E-state index contributed by atoms with van der Waals surface area (Å²) in [6, 6.07) is 1.37. The molecule has 18 heavy (non-hydrogen) atoms. The number of rotatable bonds is 8. The van der Waals surface area contributed by atoms with Gasteiger partial charge in [-0.25, -0.2) is 4.79 Å². The summed E-state index contributed by atoms with van der Waals surface area (Å²) in [4.78, 5) is 11.1. The fourth-order valence-electron chi connectivity index (χ4n) is 1.12. The van der Waals surface area contributed by atoms with Gasteiger partial charge < -0.3 is 9.47 Å². The summed E-state index contributed by atoms with van der Waals surface area (Å²) in [6.07, 6.45) is 0.633. The van der Waals surface area contributed by atoms with E-state index in [9.17, 15) is 4.79 Å². The molecule has 9 heteroatoms. The van der Waals surface area contributed by atoms with Crippen molar-refractivity contribution in [1.82, 2.24) is 0 Å². The zero-order chi connectivity index (χ0) is 14.2. The fraction of sp³-hybridized carbons (Fsp3) is 0.889. The molecule has 0 aliphatic heterocycles. The molecule has 0 radical (unpaired) electrons. The Bertz CT molecular complexity index is 229. The lowest BCUT2D eigenvalue weighted by molar-refractivity contribution is 0.0554. The average Bonchev–Trinajstić information content (AvgIpc) is 2.17. The first-order chi connectivity index (χ1) is 8.10. The molecule has 0 aromatic carbocycles. The maximum atomic E-state index is 11.1. The van der Waals surface area contributed by atoms with Gasteiger partial charge in [-0.05, 0) is 38.0 Å². The molecular weight excluding hydrogens is 354 g/mol. The number of ether oxygens (including phenoxy) is 2. The van der Waals surface area contributed by atoms with E-state index in [4.69, 9.17) is 53.8 Å². The van der Waals surface area contributed by atoms with Crippen LogP contribution in [-0.2, 0) is 9.47 Å². The van der Waals surface area contributed by atoms with Gasteiger partial charge in [0.2, 0.25) is 13.4 Å². The summed E-state index contributed by atoms with van der Waals surface area (Å²) in [7, 11) is 0. The standard InChI is InChI=1S/C9H18Cl4O3Si2/c1-17(10,11)7-3-5-15-9(14)16-6-4-8-18(2,12)13/h3-8H2,1-2H3. The molecule has 0 amide bonds. The van der Waals surface area contributed by atoms with Gasteiger partial charge in [-0.3, -0.25) is 0 Å². The van der Waals surface area contributed by atoms with Crippen LogP contribution in [0.5, 0.6) is 0 Å². The molecule has 0 bridgehead atoms. The van der Waals surface area contributed by atoms with E-state index < -0.39 is 19.5 Å². The van der Waals surface area contributed by atoms with Crippen LogP contribution in [0.1, 0.15) is 12.8 Å². The zero-order valence-corrected chi connectivity index (χ0v) is 15.5. The van der Waals surface area contributed by atoms with Crippen LogP contribution < -0.4 is 0 Å². The summed E-state index contributed by atoms with van der Waals surface area (Å²) < 4.78 is 9.72. The van der Waals surface area contributed by atoms with Gasteiger partial charge in [-0.15, -0.1) is 44.3 Å². The molecule has 0 saturated heterocycles. The Hall–Kier alpha value is 0.864. The van der Waals surface area contributed by atoms with Gasteiger partial charge in [0, 0.05) is 0 Å². The summed E-state index contributed by atoms with van der Waals surface area (Å²) in [5.74, 6) is 0. The number of carbonyl (C=O) groups is 1. The van der Waals surface area contributed by atoms with E-state index in [1.807, 2.05) is 13.1 Å². The van der Waals surface area contributed by atoms with Crippen molar-refractivity contribution in [2.75, 3.05) is 13.2 Å². The van der Waals surface area contributed by atoms with Crippen molar-refractivity contribution in [1.29, 1.82) is 0 Å². The van der Waals surface area contributed by atoms with Crippen LogP contribution >= 0.6 is 44.3 Å². The monoisotopic (exact) mass is 370 g/mol. The van der Waals surface area contributed by atoms with E-state index in [0.717, 1.165) is 0 Å². The van der Waals surface area contributed by atoms with Gasteiger partial charge in [0.1, 0.15) is 0 Å². The highest BCUT2D eigenvalue weighted by Gasteiger charge is 2.21. The minimum atomic E-state index is -2.09. The molecule has 0 unspecified atom stereocenters. The second-order valence-corrected chi connectivity index (χ2v) is 20.7. The van der Waals surface area contributed by atoms with Crippen LogP contribution in [0, 0.1) is 0 Å². The Labute approximate surface area is 129 Å². The van der Waals surface area contributed by atoms with Gasteiger partial charge in [0.15, 0.2) is 0 Å². The van der Waals surface area contributed by atoms with Crippen molar-refractivity contribution in [3.8, 4) is 0 Å².